The molecule has 6 heteroatoms. The number of aliphatic carboxylic acids is 1. The summed E-state index contributed by atoms with van der Waals surface area (Å²) in [5, 5.41) is 9.49. The first-order chi connectivity index (χ1) is 8.45. The van der Waals surface area contributed by atoms with Crippen molar-refractivity contribution in [2.75, 3.05) is 0 Å². The Bertz CT molecular complexity index is 360. The minimum Gasteiger partial charge on any atom is -0.481 e. The molecule has 2 aliphatic carbocycles. The van der Waals surface area contributed by atoms with Crippen molar-refractivity contribution in [1.82, 2.24) is 0 Å². The molecule has 2 saturated carbocycles. The van der Waals surface area contributed by atoms with Crippen molar-refractivity contribution in [3.05, 3.63) is 0 Å². The van der Waals surface area contributed by atoms with E-state index < -0.39 is 17.8 Å². The molecule has 2 bridgehead atoms. The lowest BCUT2D eigenvalue weighted by atomic mass is 9.79. The van der Waals surface area contributed by atoms with Gasteiger partial charge in [0.1, 0.15) is 0 Å². The summed E-state index contributed by atoms with van der Waals surface area (Å²) in [6, 6.07) is 0. The highest BCUT2D eigenvalue weighted by Gasteiger charge is 2.58. The van der Waals surface area contributed by atoms with Crippen LogP contribution in [0, 0.1) is 23.7 Å². The van der Waals surface area contributed by atoms with E-state index in [0.717, 1.165) is 12.8 Å². The van der Waals surface area contributed by atoms with E-state index in [0.29, 0.717) is 0 Å². The summed E-state index contributed by atoms with van der Waals surface area (Å²) in [6.45, 7) is 3.55. The maximum absolute atomic E-state index is 12.1. The maximum atomic E-state index is 12.1. The van der Waals surface area contributed by atoms with E-state index in [4.69, 9.17) is 11.9 Å². The van der Waals surface area contributed by atoms with Crippen LogP contribution in [0.5, 0.6) is 0 Å². The number of hydrogen-bond acceptors (Lipinski definition) is 4. The molecule has 5 atom stereocenters. The third kappa shape index (κ3) is 2.27. The smallest absolute Gasteiger partial charge is 0.310 e. The number of carbonyl (C=O) groups is 2. The monoisotopic (exact) mass is 268 g/mol. The second-order valence-corrected chi connectivity index (χ2v) is 6.32. The van der Waals surface area contributed by atoms with Crippen LogP contribution < -0.4 is 0 Å². The molecule has 0 aliphatic heterocycles. The minimum atomic E-state index is -0.881. The van der Waals surface area contributed by atoms with Gasteiger partial charge in [-0.15, -0.1) is 0 Å². The molecule has 2 radical (unpaired) electrons. The van der Waals surface area contributed by atoms with Crippen LogP contribution in [0.3, 0.4) is 0 Å². The zero-order valence-corrected chi connectivity index (χ0v) is 11.4. The number of fused-ring (bicyclic) bond motifs is 2. The number of esters is 1. The van der Waals surface area contributed by atoms with Crippen LogP contribution in [0.4, 0.5) is 0 Å². The molecule has 0 spiro atoms. The van der Waals surface area contributed by atoms with Gasteiger partial charge in [0, 0.05) is 0 Å². The molecular weight excluding hydrogens is 251 g/mol. The molecule has 0 aromatic rings. The lowest BCUT2D eigenvalue weighted by molar-refractivity contribution is -0.162. The van der Waals surface area contributed by atoms with Gasteiger partial charge in [0.15, 0.2) is 7.12 Å². The van der Waals surface area contributed by atoms with Crippen molar-refractivity contribution in [2.24, 2.45) is 23.7 Å². The van der Waals surface area contributed by atoms with Gasteiger partial charge >= 0.3 is 11.9 Å². The molecule has 4 nitrogen and oxygen atoms in total. The van der Waals surface area contributed by atoms with Crippen LogP contribution in [0.25, 0.3) is 0 Å². The zero-order chi connectivity index (χ0) is 13.4. The van der Waals surface area contributed by atoms with E-state index in [1.165, 1.54) is 11.6 Å². The lowest BCUT2D eigenvalue weighted by Crippen LogP contribution is -2.40. The quantitative estimate of drug-likeness (QED) is 0.618. The predicted molar refractivity (Wildman–Crippen MR) is 69.2 cm³/mol. The molecule has 18 heavy (non-hydrogen) atoms. The van der Waals surface area contributed by atoms with Crippen molar-refractivity contribution in [1.29, 1.82) is 0 Å². The molecule has 2 rings (SSSR count). The van der Waals surface area contributed by atoms with Crippen LogP contribution in [-0.4, -0.2) is 35.5 Å². The van der Waals surface area contributed by atoms with Crippen LogP contribution in [0.15, 0.2) is 0 Å². The number of carboxylic acid groups (broad SMARTS) is 1. The van der Waals surface area contributed by atoms with Gasteiger partial charge in [-0.1, -0.05) is 0 Å². The Balaban J connectivity index is 2.18. The standard InChI is InChI=1S/C12H17BO4S/c1-5(2)17-12(16)10-7-3-6(4-8(7)18-13)9(10)11(14)15/h5-10H,3-4H2,1-2H3,(H,14,15). The molecular formula is C12H17BO4S. The number of ether oxygens (including phenoxy) is 1. The molecule has 0 aromatic heterocycles. The average Bonchev–Trinajstić information content (AvgIpc) is 2.83. The van der Waals surface area contributed by atoms with E-state index >= 15 is 0 Å². The van der Waals surface area contributed by atoms with Crippen molar-refractivity contribution in [2.45, 2.75) is 38.0 Å². The van der Waals surface area contributed by atoms with Gasteiger partial charge in [0.25, 0.3) is 0 Å². The molecule has 0 heterocycles. The lowest BCUT2D eigenvalue weighted by Gasteiger charge is -2.32. The molecule has 2 aliphatic rings. The number of carboxylic acids is 1. The molecule has 0 saturated heterocycles. The van der Waals surface area contributed by atoms with Gasteiger partial charge in [-0.3, -0.25) is 9.59 Å². The van der Waals surface area contributed by atoms with E-state index in [1.54, 1.807) is 13.8 Å². The third-order valence-electron chi connectivity index (χ3n) is 4.03. The Morgan fingerprint density at radius 1 is 1.33 bits per heavy atom. The topological polar surface area (TPSA) is 63.6 Å². The second-order valence-electron chi connectivity index (χ2n) is 5.45. The first kappa shape index (κ1) is 13.8. The fourth-order valence-electron chi connectivity index (χ4n) is 3.45. The van der Waals surface area contributed by atoms with Crippen LogP contribution in [0.2, 0.25) is 0 Å². The van der Waals surface area contributed by atoms with E-state index in [2.05, 4.69) is 0 Å². The fraction of sp³-hybridized carbons (Fsp3) is 0.833. The molecule has 1 N–H and O–H groups in total. The summed E-state index contributed by atoms with van der Waals surface area (Å²) in [4.78, 5) is 23.4. The normalized spacial score (nSPS) is 38.1. The van der Waals surface area contributed by atoms with Crippen molar-refractivity contribution < 1.29 is 19.4 Å². The largest absolute Gasteiger partial charge is 0.481 e. The van der Waals surface area contributed by atoms with Crippen LogP contribution in [0.1, 0.15) is 26.7 Å². The second kappa shape index (κ2) is 5.15. The molecule has 0 aromatic carbocycles. The summed E-state index contributed by atoms with van der Waals surface area (Å²) >= 11 is 1.25. The minimum absolute atomic E-state index is 0.0531. The summed E-state index contributed by atoms with van der Waals surface area (Å²) in [5.41, 5.74) is 0. The van der Waals surface area contributed by atoms with Crippen molar-refractivity contribution in [3.63, 3.8) is 0 Å². The van der Waals surface area contributed by atoms with Gasteiger partial charge in [-0.05, 0) is 43.8 Å². The highest BCUT2D eigenvalue weighted by Crippen LogP contribution is 2.55. The van der Waals surface area contributed by atoms with Crippen molar-refractivity contribution >= 4 is 30.7 Å². The number of carbonyl (C=O) groups excluding carboxylic acids is 1. The Kier molecular flexibility index (Phi) is 3.94. The van der Waals surface area contributed by atoms with Crippen LogP contribution in [-0.2, 0) is 14.3 Å². The van der Waals surface area contributed by atoms with Gasteiger partial charge in [0.05, 0.1) is 17.9 Å². The first-order valence-electron chi connectivity index (χ1n) is 6.24. The zero-order valence-electron chi connectivity index (χ0n) is 10.5. The van der Waals surface area contributed by atoms with Gasteiger partial charge in [-0.2, -0.15) is 0 Å². The fourth-order valence-corrected chi connectivity index (χ4v) is 4.29. The molecule has 2 fully saturated rings. The summed E-state index contributed by atoms with van der Waals surface area (Å²) < 4.78 is 5.21. The molecule has 5 unspecified atom stereocenters. The first-order valence-corrected chi connectivity index (χ1v) is 7.18. The highest BCUT2D eigenvalue weighted by atomic mass is 32.2. The Labute approximate surface area is 112 Å². The molecule has 98 valence electrons. The third-order valence-corrected chi connectivity index (χ3v) is 4.92. The number of rotatable bonds is 4. The Hall–Kier alpha value is -0.645. The van der Waals surface area contributed by atoms with Gasteiger partial charge < -0.3 is 9.84 Å². The maximum Gasteiger partial charge on any atom is 0.310 e. The van der Waals surface area contributed by atoms with Gasteiger partial charge in [0.2, 0.25) is 0 Å². The Morgan fingerprint density at radius 3 is 2.50 bits per heavy atom. The summed E-state index contributed by atoms with van der Waals surface area (Å²) in [6.07, 6.45) is 1.37. The Morgan fingerprint density at radius 2 is 2.00 bits per heavy atom. The average molecular weight is 268 g/mol. The highest BCUT2D eigenvalue weighted by molar-refractivity contribution is 8.20. The van der Waals surface area contributed by atoms with Gasteiger partial charge in [-0.25, -0.2) is 11.6 Å². The molecule has 0 amide bonds. The van der Waals surface area contributed by atoms with E-state index in [-0.39, 0.29) is 29.2 Å². The van der Waals surface area contributed by atoms with Crippen LogP contribution >= 0.6 is 11.6 Å². The predicted octanol–water partition coefficient (Wildman–Crippen LogP) is 1.48. The summed E-state index contributed by atoms with van der Waals surface area (Å²) in [5.74, 6) is -2.25. The summed E-state index contributed by atoms with van der Waals surface area (Å²) in [7, 11) is 5.62. The van der Waals surface area contributed by atoms with Crippen molar-refractivity contribution in [3.8, 4) is 0 Å². The SMILES string of the molecule is [B]SC1CC2CC1C(C(=O)OC(C)C)C2C(=O)O. The number of hydrogen-bond donors (Lipinski definition) is 1. The van der Waals surface area contributed by atoms with E-state index in [1.807, 2.05) is 0 Å². The van der Waals surface area contributed by atoms with E-state index in [9.17, 15) is 14.7 Å².